The summed E-state index contributed by atoms with van der Waals surface area (Å²) in [6, 6.07) is 16.8. The number of benzene rings is 2. The van der Waals surface area contributed by atoms with Crippen molar-refractivity contribution in [3.8, 4) is 0 Å². The number of piperidine rings is 1. The van der Waals surface area contributed by atoms with E-state index >= 15 is 0 Å². The molecule has 2 amide bonds. The molecule has 1 aliphatic rings. The molecule has 0 unspecified atom stereocenters. The number of nitrogens with zero attached hydrogens (tertiary/aromatic N) is 1. The monoisotopic (exact) mass is 395 g/mol. The number of carbonyl (C=O) groups excluding carboxylic acids is 2. The number of hydrogen-bond acceptors (Lipinski definition) is 4. The molecule has 0 aliphatic carbocycles. The molecule has 0 atom stereocenters. The van der Waals surface area contributed by atoms with E-state index in [1.54, 1.807) is 19.2 Å². The first-order valence-electron chi connectivity index (χ1n) is 10.1. The summed E-state index contributed by atoms with van der Waals surface area (Å²) in [5.74, 6) is -0.273. The molecule has 0 spiro atoms. The van der Waals surface area contributed by atoms with E-state index in [4.69, 9.17) is 4.74 Å². The number of carbonyl (C=O) groups is 2. The van der Waals surface area contributed by atoms with Gasteiger partial charge < -0.3 is 15.4 Å². The smallest absolute Gasteiger partial charge is 0.251 e. The van der Waals surface area contributed by atoms with Crippen LogP contribution in [0.4, 0.5) is 0 Å². The van der Waals surface area contributed by atoms with Crippen molar-refractivity contribution in [2.75, 3.05) is 33.3 Å². The highest BCUT2D eigenvalue weighted by Gasteiger charge is 2.18. The number of ether oxygens (including phenoxy) is 1. The Morgan fingerprint density at radius 1 is 0.897 bits per heavy atom. The maximum atomic E-state index is 12.3. The van der Waals surface area contributed by atoms with Gasteiger partial charge in [0.25, 0.3) is 11.8 Å². The molecule has 1 heterocycles. The molecule has 2 aromatic carbocycles. The van der Waals surface area contributed by atoms with E-state index in [-0.39, 0.29) is 11.8 Å². The predicted octanol–water partition coefficient (Wildman–Crippen LogP) is 2.46. The maximum Gasteiger partial charge on any atom is 0.251 e. The van der Waals surface area contributed by atoms with Crippen LogP contribution in [0.3, 0.4) is 0 Å². The third-order valence-corrected chi connectivity index (χ3v) is 5.22. The van der Waals surface area contributed by atoms with Crippen molar-refractivity contribution in [3.63, 3.8) is 0 Å². The second kappa shape index (κ2) is 10.7. The van der Waals surface area contributed by atoms with Gasteiger partial charge in [-0.3, -0.25) is 14.5 Å². The molecular weight excluding hydrogens is 366 g/mol. The van der Waals surface area contributed by atoms with Crippen LogP contribution in [-0.2, 0) is 11.3 Å². The molecule has 6 nitrogen and oxygen atoms in total. The molecular formula is C23H29N3O3. The molecule has 0 radical (unpaired) electrons. The van der Waals surface area contributed by atoms with Crippen LogP contribution in [0.5, 0.6) is 0 Å². The Labute approximate surface area is 172 Å². The first kappa shape index (κ1) is 21.0. The second-order valence-electron chi connectivity index (χ2n) is 7.29. The van der Waals surface area contributed by atoms with Crippen LogP contribution in [0.25, 0.3) is 0 Å². The molecule has 1 aliphatic heterocycles. The van der Waals surface area contributed by atoms with E-state index < -0.39 is 0 Å². The van der Waals surface area contributed by atoms with Crippen LogP contribution < -0.4 is 10.6 Å². The molecule has 2 N–H and O–H groups in total. The second-order valence-corrected chi connectivity index (χ2v) is 7.29. The quantitative estimate of drug-likeness (QED) is 0.674. The molecule has 0 saturated carbocycles. The summed E-state index contributed by atoms with van der Waals surface area (Å²) in [5, 5.41) is 5.64. The summed E-state index contributed by atoms with van der Waals surface area (Å²) >= 11 is 0. The number of amides is 2. The van der Waals surface area contributed by atoms with Crippen molar-refractivity contribution >= 4 is 11.8 Å². The maximum absolute atomic E-state index is 12.3. The highest BCUT2D eigenvalue weighted by molar-refractivity contribution is 5.95. The van der Waals surface area contributed by atoms with E-state index in [1.165, 1.54) is 5.56 Å². The molecule has 1 saturated heterocycles. The first-order valence-corrected chi connectivity index (χ1v) is 10.1. The molecule has 3 rings (SSSR count). The lowest BCUT2D eigenvalue weighted by Gasteiger charge is -2.31. The SMILES string of the molecule is COC1CCN(Cc2ccc(C(=O)NCCNC(=O)c3ccccc3)cc2)CC1. The van der Waals surface area contributed by atoms with Crippen LogP contribution in [0.15, 0.2) is 54.6 Å². The van der Waals surface area contributed by atoms with Crippen molar-refractivity contribution in [1.82, 2.24) is 15.5 Å². The van der Waals surface area contributed by atoms with Gasteiger partial charge in [0.1, 0.15) is 0 Å². The summed E-state index contributed by atoms with van der Waals surface area (Å²) in [5.41, 5.74) is 2.44. The van der Waals surface area contributed by atoms with E-state index in [2.05, 4.69) is 15.5 Å². The minimum absolute atomic E-state index is 0.133. The van der Waals surface area contributed by atoms with Crippen molar-refractivity contribution in [2.24, 2.45) is 0 Å². The van der Waals surface area contributed by atoms with E-state index in [0.29, 0.717) is 30.3 Å². The fourth-order valence-electron chi connectivity index (χ4n) is 3.47. The van der Waals surface area contributed by atoms with Crippen LogP contribution in [0.2, 0.25) is 0 Å². The number of nitrogens with one attached hydrogen (secondary N) is 2. The Balaban J connectivity index is 1.38. The van der Waals surface area contributed by atoms with Crippen LogP contribution in [-0.4, -0.2) is 56.1 Å². The molecule has 29 heavy (non-hydrogen) atoms. The first-order chi connectivity index (χ1) is 14.2. The van der Waals surface area contributed by atoms with Gasteiger partial charge in [-0.25, -0.2) is 0 Å². The number of methoxy groups -OCH3 is 1. The van der Waals surface area contributed by atoms with Crippen LogP contribution in [0, 0.1) is 0 Å². The standard InChI is InChI=1S/C23H29N3O3/c1-29-21-11-15-26(16-12-21)17-18-7-9-20(10-8-18)23(28)25-14-13-24-22(27)19-5-3-2-4-6-19/h2-10,21H,11-17H2,1H3,(H,24,27)(H,25,28). The van der Waals surface area contributed by atoms with Gasteiger partial charge >= 0.3 is 0 Å². The third-order valence-electron chi connectivity index (χ3n) is 5.22. The fourth-order valence-corrected chi connectivity index (χ4v) is 3.47. The van der Waals surface area contributed by atoms with Gasteiger partial charge in [0.15, 0.2) is 0 Å². The van der Waals surface area contributed by atoms with Gasteiger partial charge in [0.2, 0.25) is 0 Å². The van der Waals surface area contributed by atoms with E-state index in [1.807, 2.05) is 42.5 Å². The Morgan fingerprint density at radius 2 is 1.45 bits per heavy atom. The summed E-state index contributed by atoms with van der Waals surface area (Å²) in [6.45, 7) is 3.73. The van der Waals surface area contributed by atoms with Gasteiger partial charge in [0.05, 0.1) is 6.10 Å². The summed E-state index contributed by atoms with van der Waals surface area (Å²) in [4.78, 5) is 26.7. The third kappa shape index (κ3) is 6.41. The van der Waals surface area contributed by atoms with Crippen molar-refractivity contribution in [3.05, 3.63) is 71.3 Å². The highest BCUT2D eigenvalue weighted by atomic mass is 16.5. The topological polar surface area (TPSA) is 70.7 Å². The number of rotatable bonds is 8. The van der Waals surface area contributed by atoms with Crippen molar-refractivity contribution in [1.29, 1.82) is 0 Å². The van der Waals surface area contributed by atoms with Crippen molar-refractivity contribution in [2.45, 2.75) is 25.5 Å². The fraction of sp³-hybridized carbons (Fsp3) is 0.391. The Kier molecular flexibility index (Phi) is 7.78. The lowest BCUT2D eigenvalue weighted by atomic mass is 10.1. The Hall–Kier alpha value is -2.70. The van der Waals surface area contributed by atoms with E-state index in [0.717, 1.165) is 32.5 Å². The largest absolute Gasteiger partial charge is 0.381 e. The molecule has 0 aromatic heterocycles. The molecule has 1 fully saturated rings. The van der Waals surface area contributed by atoms with Gasteiger partial charge in [0, 0.05) is 51.0 Å². The van der Waals surface area contributed by atoms with Gasteiger partial charge in [-0.1, -0.05) is 30.3 Å². The number of likely N-dealkylation sites (tertiary alicyclic amines) is 1. The summed E-state index contributed by atoms with van der Waals surface area (Å²) in [7, 11) is 1.78. The zero-order valence-corrected chi connectivity index (χ0v) is 16.9. The van der Waals surface area contributed by atoms with Crippen molar-refractivity contribution < 1.29 is 14.3 Å². The zero-order chi connectivity index (χ0) is 20.5. The van der Waals surface area contributed by atoms with Crippen LogP contribution >= 0.6 is 0 Å². The van der Waals surface area contributed by atoms with Crippen LogP contribution in [0.1, 0.15) is 39.1 Å². The number of hydrogen-bond donors (Lipinski definition) is 2. The zero-order valence-electron chi connectivity index (χ0n) is 16.9. The average Bonchev–Trinajstić information content (AvgIpc) is 2.78. The average molecular weight is 396 g/mol. The van der Waals surface area contributed by atoms with Gasteiger partial charge in [-0.15, -0.1) is 0 Å². The molecule has 2 aromatic rings. The lowest BCUT2D eigenvalue weighted by Crippen LogP contribution is -2.36. The van der Waals surface area contributed by atoms with Gasteiger partial charge in [-0.2, -0.15) is 0 Å². The molecule has 6 heteroatoms. The van der Waals surface area contributed by atoms with Gasteiger partial charge in [-0.05, 0) is 42.7 Å². The summed E-state index contributed by atoms with van der Waals surface area (Å²) < 4.78 is 5.41. The lowest BCUT2D eigenvalue weighted by molar-refractivity contribution is 0.0388. The predicted molar refractivity (Wildman–Crippen MR) is 113 cm³/mol. The molecule has 154 valence electrons. The Bertz CT molecular complexity index is 785. The van der Waals surface area contributed by atoms with E-state index in [9.17, 15) is 9.59 Å². The normalized spacial score (nSPS) is 15.1. The highest BCUT2D eigenvalue weighted by Crippen LogP contribution is 2.16. The molecule has 0 bridgehead atoms. The summed E-state index contributed by atoms with van der Waals surface area (Å²) in [6.07, 6.45) is 2.52. The minimum Gasteiger partial charge on any atom is -0.381 e. The minimum atomic E-state index is -0.140. The Morgan fingerprint density at radius 3 is 2.00 bits per heavy atom.